The number of hydrogen-bond acceptors (Lipinski definition) is 3. The van der Waals surface area contributed by atoms with E-state index in [0.29, 0.717) is 39.6 Å². The number of anilines is 1. The molecule has 0 aliphatic carbocycles. The summed E-state index contributed by atoms with van der Waals surface area (Å²) in [5, 5.41) is 3.71. The lowest BCUT2D eigenvalue weighted by molar-refractivity contribution is 0.102. The normalized spacial score (nSPS) is 10.8. The van der Waals surface area contributed by atoms with Gasteiger partial charge in [0.15, 0.2) is 0 Å². The fourth-order valence-corrected chi connectivity index (χ4v) is 3.50. The lowest BCUT2D eigenvalue weighted by Crippen LogP contribution is -2.13. The molecule has 0 unspecified atom stereocenters. The van der Waals surface area contributed by atoms with Crippen LogP contribution < -0.4 is 14.8 Å². The van der Waals surface area contributed by atoms with E-state index in [2.05, 4.69) is 25.2 Å². The molecular weight excluding hydrogens is 433 g/mol. The van der Waals surface area contributed by atoms with Crippen molar-refractivity contribution < 1.29 is 14.3 Å². The topological polar surface area (TPSA) is 47.6 Å². The Balaban J connectivity index is 1.84. The quantitative estimate of drug-likeness (QED) is 0.384. The number of amides is 1. The molecule has 0 atom stereocenters. The molecule has 31 heavy (non-hydrogen) atoms. The Hall–Kier alpha value is -2.69. The highest BCUT2D eigenvalue weighted by Crippen LogP contribution is 2.29. The van der Waals surface area contributed by atoms with Crippen LogP contribution in [-0.2, 0) is 6.61 Å². The van der Waals surface area contributed by atoms with Crippen molar-refractivity contribution in [2.75, 3.05) is 11.9 Å². The van der Waals surface area contributed by atoms with E-state index in [1.807, 2.05) is 25.1 Å². The molecule has 0 fully saturated rings. The maximum absolute atomic E-state index is 12.8. The molecule has 1 amide bonds. The van der Waals surface area contributed by atoms with Gasteiger partial charge in [0, 0.05) is 16.1 Å². The van der Waals surface area contributed by atoms with Crippen LogP contribution in [0.1, 0.15) is 48.2 Å². The van der Waals surface area contributed by atoms with Crippen molar-refractivity contribution in [2.24, 2.45) is 0 Å². The molecule has 0 aromatic heterocycles. The van der Waals surface area contributed by atoms with Crippen LogP contribution in [0.2, 0.25) is 10.0 Å². The molecule has 0 spiro atoms. The predicted octanol–water partition coefficient (Wildman–Crippen LogP) is 7.35. The van der Waals surface area contributed by atoms with Crippen molar-refractivity contribution in [3.05, 3.63) is 87.4 Å². The van der Waals surface area contributed by atoms with E-state index in [1.54, 1.807) is 36.4 Å². The van der Waals surface area contributed by atoms with Gasteiger partial charge in [-0.1, -0.05) is 55.2 Å². The van der Waals surface area contributed by atoms with Crippen molar-refractivity contribution in [2.45, 2.75) is 33.3 Å². The Morgan fingerprint density at radius 3 is 2.48 bits per heavy atom. The first-order valence-electron chi connectivity index (χ1n) is 10.1. The number of benzene rings is 3. The number of nitrogens with one attached hydrogen (secondary N) is 1. The van der Waals surface area contributed by atoms with Gasteiger partial charge >= 0.3 is 0 Å². The van der Waals surface area contributed by atoms with E-state index < -0.39 is 0 Å². The van der Waals surface area contributed by atoms with Gasteiger partial charge in [0.2, 0.25) is 0 Å². The summed E-state index contributed by atoms with van der Waals surface area (Å²) in [5.74, 6) is 1.54. The zero-order valence-corrected chi connectivity index (χ0v) is 19.3. The molecule has 0 radical (unpaired) electrons. The maximum Gasteiger partial charge on any atom is 0.255 e. The third-order valence-corrected chi connectivity index (χ3v) is 5.29. The van der Waals surface area contributed by atoms with Crippen LogP contribution in [0.5, 0.6) is 11.5 Å². The summed E-state index contributed by atoms with van der Waals surface area (Å²) in [6, 6.07) is 18.2. The summed E-state index contributed by atoms with van der Waals surface area (Å²) in [7, 11) is 0. The summed E-state index contributed by atoms with van der Waals surface area (Å²) < 4.78 is 11.8. The van der Waals surface area contributed by atoms with E-state index in [1.165, 1.54) is 0 Å². The Morgan fingerprint density at radius 2 is 1.74 bits per heavy atom. The number of carbonyl (C=O) groups excluding carboxylic acids is 1. The highest BCUT2D eigenvalue weighted by molar-refractivity contribution is 6.35. The van der Waals surface area contributed by atoms with Crippen LogP contribution in [0.3, 0.4) is 0 Å². The minimum atomic E-state index is -0.295. The van der Waals surface area contributed by atoms with E-state index in [0.717, 1.165) is 16.9 Å². The van der Waals surface area contributed by atoms with E-state index in [9.17, 15) is 4.79 Å². The third kappa shape index (κ3) is 5.93. The van der Waals surface area contributed by atoms with Crippen LogP contribution in [0.15, 0.2) is 60.7 Å². The molecular formula is C25H25Cl2NO3. The lowest BCUT2D eigenvalue weighted by Gasteiger charge is -2.16. The molecule has 6 heteroatoms. The molecule has 0 heterocycles. The van der Waals surface area contributed by atoms with Gasteiger partial charge in [0.05, 0.1) is 17.3 Å². The van der Waals surface area contributed by atoms with Crippen LogP contribution >= 0.6 is 23.2 Å². The van der Waals surface area contributed by atoms with Gasteiger partial charge in [-0.15, -0.1) is 0 Å². The summed E-state index contributed by atoms with van der Waals surface area (Å²) in [6.45, 7) is 6.96. The fourth-order valence-electron chi connectivity index (χ4n) is 3.16. The van der Waals surface area contributed by atoms with Gasteiger partial charge in [-0.2, -0.15) is 0 Å². The van der Waals surface area contributed by atoms with Crippen molar-refractivity contribution >= 4 is 34.8 Å². The standard InChI is InChI=1S/C25H25Cl2NO3/c1-4-30-23-12-9-17(25(29)28-22-14-19(26)10-11-21(22)27)13-18(23)15-31-24-8-6-5-7-20(24)16(2)3/h5-14,16H,4,15H2,1-3H3,(H,28,29). The van der Waals surface area contributed by atoms with Gasteiger partial charge in [0.25, 0.3) is 5.91 Å². The molecule has 3 rings (SSSR count). The molecule has 0 aliphatic rings. The van der Waals surface area contributed by atoms with Crippen molar-refractivity contribution in [1.82, 2.24) is 0 Å². The van der Waals surface area contributed by atoms with Gasteiger partial charge < -0.3 is 14.8 Å². The second-order valence-electron chi connectivity index (χ2n) is 7.32. The van der Waals surface area contributed by atoms with Gasteiger partial charge in [-0.3, -0.25) is 4.79 Å². The monoisotopic (exact) mass is 457 g/mol. The molecule has 1 N–H and O–H groups in total. The second-order valence-corrected chi connectivity index (χ2v) is 8.16. The van der Waals surface area contributed by atoms with Crippen LogP contribution in [0, 0.1) is 0 Å². The summed E-state index contributed by atoms with van der Waals surface area (Å²) in [4.78, 5) is 12.8. The number of ether oxygens (including phenoxy) is 2. The second kappa shape index (κ2) is 10.6. The minimum absolute atomic E-state index is 0.276. The first kappa shape index (κ1) is 23.0. The van der Waals surface area contributed by atoms with Crippen molar-refractivity contribution in [3.63, 3.8) is 0 Å². The molecule has 3 aromatic rings. The average molecular weight is 458 g/mol. The van der Waals surface area contributed by atoms with Crippen molar-refractivity contribution in [3.8, 4) is 11.5 Å². The van der Waals surface area contributed by atoms with Crippen LogP contribution in [0.4, 0.5) is 5.69 Å². The Kier molecular flexibility index (Phi) is 7.83. The summed E-state index contributed by atoms with van der Waals surface area (Å²) in [6.07, 6.45) is 0. The largest absolute Gasteiger partial charge is 0.493 e. The number of rotatable bonds is 8. The Labute approximate surface area is 193 Å². The van der Waals surface area contributed by atoms with E-state index in [4.69, 9.17) is 32.7 Å². The highest BCUT2D eigenvalue weighted by Gasteiger charge is 2.14. The molecule has 0 saturated carbocycles. The number of carbonyl (C=O) groups is 1. The third-order valence-electron chi connectivity index (χ3n) is 4.72. The fraction of sp³-hybridized carbons (Fsp3) is 0.240. The summed E-state index contributed by atoms with van der Waals surface area (Å²) >= 11 is 12.2. The number of hydrogen-bond donors (Lipinski definition) is 1. The van der Waals surface area contributed by atoms with E-state index in [-0.39, 0.29) is 12.5 Å². The zero-order chi connectivity index (χ0) is 22.4. The molecule has 162 valence electrons. The first-order chi connectivity index (χ1) is 14.9. The Morgan fingerprint density at radius 1 is 0.968 bits per heavy atom. The van der Waals surface area contributed by atoms with Crippen molar-refractivity contribution in [1.29, 1.82) is 0 Å². The average Bonchev–Trinajstić information content (AvgIpc) is 2.75. The lowest BCUT2D eigenvalue weighted by atomic mass is 10.0. The van der Waals surface area contributed by atoms with Gasteiger partial charge in [-0.05, 0) is 60.9 Å². The smallest absolute Gasteiger partial charge is 0.255 e. The predicted molar refractivity (Wildman–Crippen MR) is 127 cm³/mol. The Bertz CT molecular complexity index is 1070. The molecule has 0 aliphatic heterocycles. The molecule has 3 aromatic carbocycles. The SMILES string of the molecule is CCOc1ccc(C(=O)Nc2cc(Cl)ccc2Cl)cc1COc1ccccc1C(C)C. The number of para-hydroxylation sites is 1. The van der Waals surface area contributed by atoms with Gasteiger partial charge in [-0.25, -0.2) is 0 Å². The zero-order valence-electron chi connectivity index (χ0n) is 17.7. The van der Waals surface area contributed by atoms with Crippen LogP contribution in [0.25, 0.3) is 0 Å². The summed E-state index contributed by atoms with van der Waals surface area (Å²) in [5.41, 5.74) is 2.84. The first-order valence-corrected chi connectivity index (χ1v) is 10.9. The van der Waals surface area contributed by atoms with Crippen LogP contribution in [-0.4, -0.2) is 12.5 Å². The highest BCUT2D eigenvalue weighted by atomic mass is 35.5. The molecule has 4 nitrogen and oxygen atoms in total. The molecule has 0 saturated heterocycles. The number of halogens is 2. The molecule has 0 bridgehead atoms. The van der Waals surface area contributed by atoms with E-state index >= 15 is 0 Å². The maximum atomic E-state index is 12.8. The minimum Gasteiger partial charge on any atom is -0.493 e. The van der Waals surface area contributed by atoms with Gasteiger partial charge in [0.1, 0.15) is 18.1 Å².